The van der Waals surface area contributed by atoms with Gasteiger partial charge in [-0.15, -0.1) is 0 Å². The minimum atomic E-state index is -0.197. The molecule has 5 heteroatoms. The highest BCUT2D eigenvalue weighted by Crippen LogP contribution is 2.07. The van der Waals surface area contributed by atoms with E-state index in [0.717, 1.165) is 12.1 Å². The first-order chi connectivity index (χ1) is 8.02. The molecule has 1 aromatic rings. The van der Waals surface area contributed by atoms with E-state index < -0.39 is 0 Å². The molecule has 1 heterocycles. The molecule has 0 aromatic carbocycles. The van der Waals surface area contributed by atoms with Gasteiger partial charge in [0.1, 0.15) is 5.69 Å². The summed E-state index contributed by atoms with van der Waals surface area (Å²) in [5.74, 6) is 0.330. The Hall–Kier alpha value is -1.36. The first kappa shape index (κ1) is 13.7. The molecule has 0 aliphatic heterocycles. The predicted molar refractivity (Wildman–Crippen MR) is 65.8 cm³/mol. The zero-order chi connectivity index (χ0) is 12.8. The van der Waals surface area contributed by atoms with Gasteiger partial charge in [-0.1, -0.05) is 13.8 Å². The van der Waals surface area contributed by atoms with E-state index in [1.807, 2.05) is 6.92 Å². The van der Waals surface area contributed by atoms with Gasteiger partial charge in [0.2, 0.25) is 0 Å². The summed E-state index contributed by atoms with van der Waals surface area (Å²) in [6.07, 6.45) is 1.43. The van der Waals surface area contributed by atoms with Gasteiger partial charge in [-0.2, -0.15) is 5.10 Å². The number of hydrogen-bond acceptors (Lipinski definition) is 3. The molecule has 17 heavy (non-hydrogen) atoms. The van der Waals surface area contributed by atoms with E-state index >= 15 is 0 Å². The lowest BCUT2D eigenvalue weighted by Crippen LogP contribution is -2.33. The molecule has 0 aliphatic rings. The molecule has 0 spiro atoms. The summed E-state index contributed by atoms with van der Waals surface area (Å²) in [7, 11) is 0. The molecule has 0 radical (unpaired) electrons. The molecule has 0 fully saturated rings. The van der Waals surface area contributed by atoms with Crippen LogP contribution in [-0.2, 0) is 6.42 Å². The molecular formula is C12H21N3O2. The van der Waals surface area contributed by atoms with Crippen LogP contribution in [0.4, 0.5) is 0 Å². The fraction of sp³-hybridized carbons (Fsp3) is 0.667. The van der Waals surface area contributed by atoms with Gasteiger partial charge in [-0.25, -0.2) is 0 Å². The monoisotopic (exact) mass is 239 g/mol. The van der Waals surface area contributed by atoms with Crippen LogP contribution in [0.1, 0.15) is 43.4 Å². The Labute approximate surface area is 102 Å². The van der Waals surface area contributed by atoms with Crippen molar-refractivity contribution in [1.82, 2.24) is 15.5 Å². The average molecular weight is 239 g/mol. The summed E-state index contributed by atoms with van der Waals surface area (Å²) in [6, 6.07) is 1.74. The number of rotatable bonds is 6. The Bertz CT molecular complexity index is 360. The SMILES string of the molecule is CC(C)Cc1cc(C(=O)NC(C)CCO)n[nH]1. The number of nitrogens with zero attached hydrogens (tertiary/aromatic N) is 1. The summed E-state index contributed by atoms with van der Waals surface area (Å²) in [4.78, 5) is 11.8. The van der Waals surface area contributed by atoms with Crippen LogP contribution < -0.4 is 5.32 Å². The van der Waals surface area contributed by atoms with Crippen molar-refractivity contribution in [3.63, 3.8) is 0 Å². The van der Waals surface area contributed by atoms with Crippen LogP contribution in [0.2, 0.25) is 0 Å². The molecular weight excluding hydrogens is 218 g/mol. The number of hydrogen-bond donors (Lipinski definition) is 3. The number of carbonyl (C=O) groups excluding carboxylic acids is 1. The molecule has 3 N–H and O–H groups in total. The molecule has 1 unspecified atom stereocenters. The van der Waals surface area contributed by atoms with E-state index in [9.17, 15) is 4.79 Å². The lowest BCUT2D eigenvalue weighted by atomic mass is 10.1. The number of aromatic amines is 1. The quantitative estimate of drug-likeness (QED) is 0.696. The third kappa shape index (κ3) is 4.56. The van der Waals surface area contributed by atoms with E-state index in [1.54, 1.807) is 6.07 Å². The van der Waals surface area contributed by atoms with Gasteiger partial charge in [0.25, 0.3) is 5.91 Å². The minimum Gasteiger partial charge on any atom is -0.396 e. The highest BCUT2D eigenvalue weighted by atomic mass is 16.3. The summed E-state index contributed by atoms with van der Waals surface area (Å²) in [5, 5.41) is 18.4. The zero-order valence-corrected chi connectivity index (χ0v) is 10.7. The van der Waals surface area contributed by atoms with Crippen LogP contribution >= 0.6 is 0 Å². The summed E-state index contributed by atoms with van der Waals surface area (Å²) in [6.45, 7) is 6.16. The minimum absolute atomic E-state index is 0.0438. The molecule has 1 atom stereocenters. The maximum Gasteiger partial charge on any atom is 0.271 e. The van der Waals surface area contributed by atoms with Crippen LogP contribution in [-0.4, -0.2) is 33.9 Å². The van der Waals surface area contributed by atoms with E-state index in [2.05, 4.69) is 29.4 Å². The molecule has 0 bridgehead atoms. The standard InChI is InChI=1S/C12H21N3O2/c1-8(2)6-10-7-11(15-14-10)12(17)13-9(3)4-5-16/h7-9,16H,4-6H2,1-3H3,(H,13,17)(H,14,15). The van der Waals surface area contributed by atoms with Gasteiger partial charge < -0.3 is 10.4 Å². The van der Waals surface area contributed by atoms with Crippen molar-refractivity contribution >= 4 is 5.91 Å². The molecule has 0 saturated carbocycles. The molecule has 1 aromatic heterocycles. The number of aliphatic hydroxyl groups excluding tert-OH is 1. The van der Waals surface area contributed by atoms with Crippen molar-refractivity contribution in [2.75, 3.05) is 6.61 Å². The highest BCUT2D eigenvalue weighted by Gasteiger charge is 2.13. The van der Waals surface area contributed by atoms with Crippen molar-refractivity contribution in [2.45, 2.75) is 39.7 Å². The summed E-state index contributed by atoms with van der Waals surface area (Å²) in [5.41, 5.74) is 1.38. The maximum atomic E-state index is 11.8. The second-order valence-corrected chi connectivity index (χ2v) is 4.76. The number of nitrogens with one attached hydrogen (secondary N) is 2. The molecule has 0 aliphatic carbocycles. The second-order valence-electron chi connectivity index (χ2n) is 4.76. The lowest BCUT2D eigenvalue weighted by molar-refractivity contribution is 0.0929. The van der Waals surface area contributed by atoms with Crippen LogP contribution in [0.25, 0.3) is 0 Å². The van der Waals surface area contributed by atoms with Crippen molar-refractivity contribution in [3.05, 3.63) is 17.5 Å². The van der Waals surface area contributed by atoms with Crippen LogP contribution in [0.5, 0.6) is 0 Å². The van der Waals surface area contributed by atoms with E-state index in [1.165, 1.54) is 0 Å². The predicted octanol–water partition coefficient (Wildman–Crippen LogP) is 1.11. The van der Waals surface area contributed by atoms with Crippen molar-refractivity contribution in [2.24, 2.45) is 5.92 Å². The van der Waals surface area contributed by atoms with Crippen LogP contribution in [0.3, 0.4) is 0 Å². The van der Waals surface area contributed by atoms with Gasteiger partial charge >= 0.3 is 0 Å². The molecule has 1 amide bonds. The van der Waals surface area contributed by atoms with E-state index in [0.29, 0.717) is 18.0 Å². The van der Waals surface area contributed by atoms with Gasteiger partial charge in [0.05, 0.1) is 0 Å². The van der Waals surface area contributed by atoms with E-state index in [4.69, 9.17) is 5.11 Å². The third-order valence-electron chi connectivity index (χ3n) is 2.43. The van der Waals surface area contributed by atoms with Crippen molar-refractivity contribution in [1.29, 1.82) is 0 Å². The first-order valence-corrected chi connectivity index (χ1v) is 5.99. The Kier molecular flexibility index (Phi) is 5.15. The zero-order valence-electron chi connectivity index (χ0n) is 10.7. The molecule has 1 rings (SSSR count). The van der Waals surface area contributed by atoms with Gasteiger partial charge in [-0.3, -0.25) is 9.89 Å². The smallest absolute Gasteiger partial charge is 0.271 e. The number of H-pyrrole nitrogens is 1. The van der Waals surface area contributed by atoms with E-state index in [-0.39, 0.29) is 18.6 Å². The fourth-order valence-electron chi connectivity index (χ4n) is 1.59. The van der Waals surface area contributed by atoms with Gasteiger partial charge in [-0.05, 0) is 31.7 Å². The largest absolute Gasteiger partial charge is 0.396 e. The average Bonchev–Trinajstić information content (AvgIpc) is 2.65. The van der Waals surface area contributed by atoms with Crippen molar-refractivity contribution < 1.29 is 9.90 Å². The summed E-state index contributed by atoms with van der Waals surface area (Å²) >= 11 is 0. The third-order valence-corrected chi connectivity index (χ3v) is 2.43. The second kappa shape index (κ2) is 6.39. The number of amides is 1. The Balaban J connectivity index is 2.54. The van der Waals surface area contributed by atoms with Gasteiger partial charge in [0.15, 0.2) is 0 Å². The van der Waals surface area contributed by atoms with Crippen molar-refractivity contribution in [3.8, 4) is 0 Å². The lowest BCUT2D eigenvalue weighted by Gasteiger charge is -2.10. The van der Waals surface area contributed by atoms with Crippen LogP contribution in [0.15, 0.2) is 6.07 Å². The van der Waals surface area contributed by atoms with Crippen LogP contribution in [0, 0.1) is 5.92 Å². The maximum absolute atomic E-state index is 11.8. The topological polar surface area (TPSA) is 78.0 Å². The fourth-order valence-corrected chi connectivity index (χ4v) is 1.59. The normalized spacial score (nSPS) is 12.8. The number of aliphatic hydroxyl groups is 1. The molecule has 0 saturated heterocycles. The highest BCUT2D eigenvalue weighted by molar-refractivity contribution is 5.92. The Morgan fingerprint density at radius 3 is 2.82 bits per heavy atom. The Morgan fingerprint density at radius 1 is 1.53 bits per heavy atom. The first-order valence-electron chi connectivity index (χ1n) is 5.99. The molecule has 96 valence electrons. The number of carbonyl (C=O) groups is 1. The number of aromatic nitrogens is 2. The molecule has 5 nitrogen and oxygen atoms in total. The summed E-state index contributed by atoms with van der Waals surface area (Å²) < 4.78 is 0. The van der Waals surface area contributed by atoms with Gasteiger partial charge in [0, 0.05) is 18.3 Å². The Morgan fingerprint density at radius 2 is 2.24 bits per heavy atom.